The molecule has 1 unspecified atom stereocenters. The molecule has 2 aromatic rings. The van der Waals surface area contributed by atoms with E-state index in [4.69, 9.17) is 0 Å². The van der Waals surface area contributed by atoms with E-state index in [1.807, 2.05) is 60.7 Å². The molecule has 2 aromatic carbocycles. The normalized spacial score (nSPS) is 20.9. The summed E-state index contributed by atoms with van der Waals surface area (Å²) in [6.45, 7) is 3.96. The highest BCUT2D eigenvalue weighted by Crippen LogP contribution is 2.38. The van der Waals surface area contributed by atoms with Gasteiger partial charge in [0.2, 0.25) is 0 Å². The average molecular weight is 291 g/mol. The highest BCUT2D eigenvalue weighted by atomic mass is 16.3. The van der Waals surface area contributed by atoms with Crippen LogP contribution >= 0.6 is 0 Å². The second-order valence-electron chi connectivity index (χ2n) is 5.22. The number of carbonyl (C=O) groups excluding carboxylic acids is 1. The van der Waals surface area contributed by atoms with Gasteiger partial charge < -0.3 is 5.11 Å². The molecule has 3 heteroatoms. The van der Waals surface area contributed by atoms with Crippen molar-refractivity contribution in [1.29, 1.82) is 0 Å². The molecule has 0 aliphatic carbocycles. The molecule has 1 aliphatic heterocycles. The van der Waals surface area contributed by atoms with E-state index < -0.39 is 5.72 Å². The Morgan fingerprint density at radius 3 is 2.23 bits per heavy atom. The van der Waals surface area contributed by atoms with Crippen LogP contribution in [0.4, 0.5) is 0 Å². The van der Waals surface area contributed by atoms with Gasteiger partial charge in [0.25, 0.3) is 5.91 Å². The predicted octanol–water partition coefficient (Wildman–Crippen LogP) is 2.94. The van der Waals surface area contributed by atoms with Crippen LogP contribution in [0.15, 0.2) is 79.4 Å². The third-order valence-corrected chi connectivity index (χ3v) is 3.83. The number of benzene rings is 2. The number of aliphatic hydroxyl groups is 1. The van der Waals surface area contributed by atoms with E-state index in [1.54, 1.807) is 12.2 Å². The lowest BCUT2D eigenvalue weighted by atomic mass is 10.0. The lowest BCUT2D eigenvalue weighted by Gasteiger charge is -2.32. The molecule has 0 aromatic heterocycles. The molecular formula is C19H17NO2. The molecular weight excluding hydrogens is 274 g/mol. The van der Waals surface area contributed by atoms with E-state index in [-0.39, 0.29) is 12.5 Å². The van der Waals surface area contributed by atoms with E-state index in [0.717, 1.165) is 5.56 Å². The van der Waals surface area contributed by atoms with Crippen LogP contribution < -0.4 is 0 Å². The molecule has 0 saturated carbocycles. The highest BCUT2D eigenvalue weighted by Gasteiger charge is 2.44. The molecule has 1 amide bonds. The van der Waals surface area contributed by atoms with Crippen molar-refractivity contribution in [3.05, 3.63) is 90.5 Å². The number of nitrogens with zero attached hydrogens (tertiary/aromatic N) is 1. The quantitative estimate of drug-likeness (QED) is 0.880. The summed E-state index contributed by atoms with van der Waals surface area (Å²) in [5.74, 6) is -0.197. The lowest BCUT2D eigenvalue weighted by Crippen LogP contribution is -2.44. The third-order valence-electron chi connectivity index (χ3n) is 3.83. The molecule has 3 nitrogen and oxygen atoms in total. The Balaban J connectivity index is 2.12. The highest BCUT2D eigenvalue weighted by molar-refractivity contribution is 6.22. The van der Waals surface area contributed by atoms with Gasteiger partial charge in [0.05, 0.1) is 0 Å². The van der Waals surface area contributed by atoms with E-state index in [2.05, 4.69) is 6.58 Å². The minimum absolute atomic E-state index is 0.197. The Labute approximate surface area is 129 Å². The van der Waals surface area contributed by atoms with Gasteiger partial charge in [-0.3, -0.25) is 9.69 Å². The molecule has 110 valence electrons. The largest absolute Gasteiger partial charge is 0.363 e. The minimum Gasteiger partial charge on any atom is -0.363 e. The van der Waals surface area contributed by atoms with Gasteiger partial charge in [-0.15, -0.1) is 6.58 Å². The maximum Gasteiger partial charge on any atom is 0.257 e. The van der Waals surface area contributed by atoms with Crippen LogP contribution in [0.1, 0.15) is 11.1 Å². The third kappa shape index (κ3) is 2.26. The van der Waals surface area contributed by atoms with Crippen LogP contribution in [0.2, 0.25) is 0 Å². The van der Waals surface area contributed by atoms with Crippen molar-refractivity contribution in [2.45, 2.75) is 5.72 Å². The fraction of sp³-hybridized carbons (Fsp3) is 0.105. The zero-order valence-corrected chi connectivity index (χ0v) is 12.1. The number of hydrogen-bond acceptors (Lipinski definition) is 2. The van der Waals surface area contributed by atoms with Crippen LogP contribution in [0.25, 0.3) is 5.57 Å². The zero-order chi connectivity index (χ0) is 15.6. The van der Waals surface area contributed by atoms with Gasteiger partial charge in [0, 0.05) is 17.7 Å². The summed E-state index contributed by atoms with van der Waals surface area (Å²) in [5, 5.41) is 11.1. The minimum atomic E-state index is -1.45. The molecule has 3 rings (SSSR count). The van der Waals surface area contributed by atoms with Gasteiger partial charge in [0.1, 0.15) is 0 Å². The van der Waals surface area contributed by atoms with E-state index in [0.29, 0.717) is 11.1 Å². The number of carbonyl (C=O) groups is 1. The molecule has 0 bridgehead atoms. The molecule has 1 heterocycles. The summed E-state index contributed by atoms with van der Waals surface area (Å²) in [4.78, 5) is 14.2. The molecule has 0 fully saturated rings. The number of rotatable bonds is 4. The van der Waals surface area contributed by atoms with Crippen molar-refractivity contribution in [2.24, 2.45) is 0 Å². The van der Waals surface area contributed by atoms with Crippen LogP contribution in [0.3, 0.4) is 0 Å². The van der Waals surface area contributed by atoms with Crippen molar-refractivity contribution in [3.8, 4) is 0 Å². The fourth-order valence-electron chi connectivity index (χ4n) is 2.74. The molecule has 0 spiro atoms. The Hall–Kier alpha value is -2.65. The predicted molar refractivity (Wildman–Crippen MR) is 86.7 cm³/mol. The standard InChI is InChI=1S/C19H17NO2/c1-2-13-20-18(21)17(15-9-5-3-6-10-15)14-19(20,22)16-11-7-4-8-12-16/h2-12,14,22H,1,13H2. The molecule has 0 radical (unpaired) electrons. The SMILES string of the molecule is C=CCN1C(=O)C(c2ccccc2)=CC1(O)c1ccccc1. The van der Waals surface area contributed by atoms with Crippen molar-refractivity contribution < 1.29 is 9.90 Å². The maximum atomic E-state index is 12.7. The maximum absolute atomic E-state index is 12.7. The zero-order valence-electron chi connectivity index (χ0n) is 12.1. The average Bonchev–Trinajstić information content (AvgIpc) is 2.83. The van der Waals surface area contributed by atoms with Crippen molar-refractivity contribution >= 4 is 11.5 Å². The summed E-state index contributed by atoms with van der Waals surface area (Å²) in [6, 6.07) is 18.6. The van der Waals surface area contributed by atoms with Gasteiger partial charge in [-0.25, -0.2) is 0 Å². The van der Waals surface area contributed by atoms with Gasteiger partial charge >= 0.3 is 0 Å². The summed E-state index contributed by atoms with van der Waals surface area (Å²) in [5.41, 5.74) is 0.524. The van der Waals surface area contributed by atoms with Crippen LogP contribution in [0, 0.1) is 0 Å². The Morgan fingerprint density at radius 2 is 1.64 bits per heavy atom. The second kappa shape index (κ2) is 5.62. The van der Waals surface area contributed by atoms with Crippen LogP contribution in [-0.4, -0.2) is 22.5 Å². The summed E-state index contributed by atoms with van der Waals surface area (Å²) in [7, 11) is 0. The number of amides is 1. The summed E-state index contributed by atoms with van der Waals surface area (Å²) < 4.78 is 0. The molecule has 0 saturated heterocycles. The Bertz CT molecular complexity index is 722. The first-order valence-corrected chi connectivity index (χ1v) is 7.16. The van der Waals surface area contributed by atoms with Gasteiger partial charge in [-0.05, 0) is 11.6 Å². The molecule has 1 atom stereocenters. The molecule has 22 heavy (non-hydrogen) atoms. The summed E-state index contributed by atoms with van der Waals surface area (Å²) >= 11 is 0. The number of hydrogen-bond donors (Lipinski definition) is 1. The first kappa shape index (κ1) is 14.3. The van der Waals surface area contributed by atoms with Crippen molar-refractivity contribution in [3.63, 3.8) is 0 Å². The smallest absolute Gasteiger partial charge is 0.257 e. The topological polar surface area (TPSA) is 40.5 Å². The van der Waals surface area contributed by atoms with Gasteiger partial charge in [0.15, 0.2) is 5.72 Å². The van der Waals surface area contributed by atoms with Gasteiger partial charge in [-0.1, -0.05) is 66.7 Å². The van der Waals surface area contributed by atoms with Crippen LogP contribution in [0.5, 0.6) is 0 Å². The fourth-order valence-corrected chi connectivity index (χ4v) is 2.74. The molecule has 1 aliphatic rings. The first-order valence-electron chi connectivity index (χ1n) is 7.16. The summed E-state index contributed by atoms with van der Waals surface area (Å²) in [6.07, 6.45) is 3.25. The monoisotopic (exact) mass is 291 g/mol. The van der Waals surface area contributed by atoms with Gasteiger partial charge in [-0.2, -0.15) is 0 Å². The van der Waals surface area contributed by atoms with E-state index in [1.165, 1.54) is 4.90 Å². The van der Waals surface area contributed by atoms with Crippen molar-refractivity contribution in [1.82, 2.24) is 4.90 Å². The van der Waals surface area contributed by atoms with E-state index >= 15 is 0 Å². The first-order chi connectivity index (χ1) is 10.7. The van der Waals surface area contributed by atoms with Crippen LogP contribution in [-0.2, 0) is 10.5 Å². The van der Waals surface area contributed by atoms with E-state index in [9.17, 15) is 9.90 Å². The lowest BCUT2D eigenvalue weighted by molar-refractivity contribution is -0.140. The Morgan fingerprint density at radius 1 is 1.05 bits per heavy atom. The second-order valence-corrected chi connectivity index (χ2v) is 5.22. The molecule has 1 N–H and O–H groups in total. The Kier molecular flexibility index (Phi) is 3.65. The van der Waals surface area contributed by atoms with Crippen molar-refractivity contribution in [2.75, 3.05) is 6.54 Å².